The molecule has 0 aliphatic rings. The Morgan fingerprint density at radius 3 is 2.50 bits per heavy atom. The Labute approximate surface area is 49.3 Å². The van der Waals surface area contributed by atoms with Crippen molar-refractivity contribution in [1.82, 2.24) is 5.32 Å². The minimum atomic E-state index is -0.333. The van der Waals surface area contributed by atoms with E-state index in [2.05, 4.69) is 5.32 Å². The highest BCUT2D eigenvalue weighted by atomic mass is 16.2. The van der Waals surface area contributed by atoms with Crippen molar-refractivity contribution in [2.75, 3.05) is 7.05 Å². The smallest absolute Gasteiger partial charge is 0.236 e. The van der Waals surface area contributed by atoms with Crippen molar-refractivity contribution < 1.29 is 4.79 Å². The molecular formula is C5H12N2O. The molecule has 3 heteroatoms. The van der Waals surface area contributed by atoms with Gasteiger partial charge in [0.1, 0.15) is 0 Å². The summed E-state index contributed by atoms with van der Waals surface area (Å²) in [5, 5.41) is 2.45. The van der Waals surface area contributed by atoms with Crippen LogP contribution < -0.4 is 11.1 Å². The quantitative estimate of drug-likeness (QED) is 0.509. The van der Waals surface area contributed by atoms with Crippen LogP contribution in [0.25, 0.3) is 0 Å². The van der Waals surface area contributed by atoms with E-state index in [1.807, 2.05) is 6.92 Å². The van der Waals surface area contributed by atoms with Crippen LogP contribution in [0.15, 0.2) is 0 Å². The maximum Gasteiger partial charge on any atom is 0.236 e. The maximum atomic E-state index is 10.5. The van der Waals surface area contributed by atoms with Gasteiger partial charge in [-0.05, 0) is 6.42 Å². The van der Waals surface area contributed by atoms with Crippen molar-refractivity contribution >= 4 is 5.91 Å². The monoisotopic (exact) mass is 116 g/mol. The molecule has 0 aromatic heterocycles. The molecule has 0 aliphatic carbocycles. The molecular weight excluding hydrogens is 104 g/mol. The summed E-state index contributed by atoms with van der Waals surface area (Å²) < 4.78 is 0. The van der Waals surface area contributed by atoms with Crippen LogP contribution in [0.1, 0.15) is 13.3 Å². The lowest BCUT2D eigenvalue weighted by atomic mass is 10.2. The summed E-state index contributed by atoms with van der Waals surface area (Å²) >= 11 is 0. The van der Waals surface area contributed by atoms with Crippen molar-refractivity contribution in [3.63, 3.8) is 0 Å². The number of nitrogens with two attached hydrogens (primary N) is 1. The van der Waals surface area contributed by atoms with E-state index in [1.165, 1.54) is 0 Å². The molecule has 1 amide bonds. The second kappa shape index (κ2) is 3.43. The summed E-state index contributed by atoms with van der Waals surface area (Å²) in [7, 11) is 1.58. The highest BCUT2D eigenvalue weighted by molar-refractivity contribution is 5.80. The Morgan fingerprint density at radius 1 is 1.88 bits per heavy atom. The Hall–Kier alpha value is -0.570. The molecule has 48 valence electrons. The Kier molecular flexibility index (Phi) is 3.19. The Balaban J connectivity index is 3.46. The second-order valence-corrected chi connectivity index (χ2v) is 1.63. The molecule has 0 rings (SSSR count). The van der Waals surface area contributed by atoms with Crippen LogP contribution in [0, 0.1) is 0 Å². The molecule has 0 bridgehead atoms. The topological polar surface area (TPSA) is 55.1 Å². The van der Waals surface area contributed by atoms with Crippen LogP contribution in [0.4, 0.5) is 0 Å². The molecule has 3 nitrogen and oxygen atoms in total. The van der Waals surface area contributed by atoms with Crippen molar-refractivity contribution in [3.05, 3.63) is 0 Å². The van der Waals surface area contributed by atoms with Gasteiger partial charge in [-0.3, -0.25) is 4.79 Å². The number of hydrogen-bond acceptors (Lipinski definition) is 2. The van der Waals surface area contributed by atoms with E-state index >= 15 is 0 Å². The minimum absolute atomic E-state index is 0.0903. The van der Waals surface area contributed by atoms with Crippen LogP contribution in [0.3, 0.4) is 0 Å². The minimum Gasteiger partial charge on any atom is -0.358 e. The van der Waals surface area contributed by atoms with Gasteiger partial charge in [0.2, 0.25) is 5.91 Å². The van der Waals surface area contributed by atoms with Gasteiger partial charge in [-0.1, -0.05) is 6.92 Å². The molecule has 3 N–H and O–H groups in total. The molecule has 0 fully saturated rings. The van der Waals surface area contributed by atoms with Crippen molar-refractivity contribution in [2.45, 2.75) is 19.4 Å². The molecule has 0 aliphatic heterocycles. The first-order valence-corrected chi connectivity index (χ1v) is 2.69. The zero-order valence-electron chi connectivity index (χ0n) is 5.27. The maximum absolute atomic E-state index is 10.5. The van der Waals surface area contributed by atoms with Crippen LogP contribution in [0.5, 0.6) is 0 Å². The van der Waals surface area contributed by atoms with Crippen LogP contribution in [-0.4, -0.2) is 19.0 Å². The lowest BCUT2D eigenvalue weighted by molar-refractivity contribution is -0.121. The van der Waals surface area contributed by atoms with E-state index in [0.717, 1.165) is 0 Å². The van der Waals surface area contributed by atoms with E-state index in [1.54, 1.807) is 7.05 Å². The SMILES string of the molecule is CC[C@@H](N)C(=O)NC. The van der Waals surface area contributed by atoms with Crippen LogP contribution >= 0.6 is 0 Å². The molecule has 0 spiro atoms. The fraction of sp³-hybridized carbons (Fsp3) is 0.800. The van der Waals surface area contributed by atoms with Crippen LogP contribution in [-0.2, 0) is 4.79 Å². The number of nitrogens with one attached hydrogen (secondary N) is 1. The molecule has 0 radical (unpaired) electrons. The molecule has 0 saturated carbocycles. The number of carbonyl (C=O) groups excluding carboxylic acids is 1. The van der Waals surface area contributed by atoms with Gasteiger partial charge < -0.3 is 11.1 Å². The van der Waals surface area contributed by atoms with E-state index < -0.39 is 0 Å². The van der Waals surface area contributed by atoms with Gasteiger partial charge in [0, 0.05) is 7.05 Å². The number of likely N-dealkylation sites (N-methyl/N-ethyl adjacent to an activating group) is 1. The average Bonchev–Trinajstić information content (AvgIpc) is 1.84. The third kappa shape index (κ3) is 1.93. The predicted octanol–water partition coefficient (Wildman–Crippen LogP) is -0.530. The zero-order chi connectivity index (χ0) is 6.57. The third-order valence-electron chi connectivity index (χ3n) is 1.02. The number of carbonyl (C=O) groups is 1. The summed E-state index contributed by atoms with van der Waals surface area (Å²) in [6, 6.07) is -0.333. The third-order valence-corrected chi connectivity index (χ3v) is 1.02. The Morgan fingerprint density at radius 2 is 2.38 bits per heavy atom. The van der Waals surface area contributed by atoms with E-state index in [4.69, 9.17) is 5.73 Å². The summed E-state index contributed by atoms with van der Waals surface area (Å²) in [6.07, 6.45) is 0.694. The number of amides is 1. The first kappa shape index (κ1) is 7.43. The Bertz CT molecular complexity index is 82.5. The summed E-state index contributed by atoms with van der Waals surface area (Å²) in [4.78, 5) is 10.5. The fourth-order valence-corrected chi connectivity index (χ4v) is 0.371. The standard InChI is InChI=1S/C5H12N2O/c1-3-4(6)5(8)7-2/h4H,3,6H2,1-2H3,(H,7,8)/t4-/m1/s1. The lowest BCUT2D eigenvalue weighted by Crippen LogP contribution is -2.37. The second-order valence-electron chi connectivity index (χ2n) is 1.63. The molecule has 0 aromatic carbocycles. The molecule has 0 unspecified atom stereocenters. The van der Waals surface area contributed by atoms with Gasteiger partial charge in [0.25, 0.3) is 0 Å². The van der Waals surface area contributed by atoms with E-state index in [-0.39, 0.29) is 11.9 Å². The van der Waals surface area contributed by atoms with Crippen LogP contribution in [0.2, 0.25) is 0 Å². The fourth-order valence-electron chi connectivity index (χ4n) is 0.371. The molecule has 1 atom stereocenters. The van der Waals surface area contributed by atoms with E-state index in [0.29, 0.717) is 6.42 Å². The molecule has 0 saturated heterocycles. The highest BCUT2D eigenvalue weighted by Gasteiger charge is 2.06. The molecule has 8 heavy (non-hydrogen) atoms. The average molecular weight is 116 g/mol. The van der Waals surface area contributed by atoms with Crippen molar-refractivity contribution in [1.29, 1.82) is 0 Å². The van der Waals surface area contributed by atoms with E-state index in [9.17, 15) is 4.79 Å². The first-order chi connectivity index (χ1) is 3.72. The van der Waals surface area contributed by atoms with Gasteiger partial charge in [-0.25, -0.2) is 0 Å². The van der Waals surface area contributed by atoms with Gasteiger partial charge in [-0.15, -0.1) is 0 Å². The van der Waals surface area contributed by atoms with Gasteiger partial charge >= 0.3 is 0 Å². The van der Waals surface area contributed by atoms with Gasteiger partial charge in [0.15, 0.2) is 0 Å². The largest absolute Gasteiger partial charge is 0.358 e. The van der Waals surface area contributed by atoms with Crippen molar-refractivity contribution in [3.8, 4) is 0 Å². The predicted molar refractivity (Wildman–Crippen MR) is 32.3 cm³/mol. The lowest BCUT2D eigenvalue weighted by Gasteiger charge is -2.04. The normalized spacial score (nSPS) is 12.9. The molecule has 0 aromatic rings. The first-order valence-electron chi connectivity index (χ1n) is 2.69. The zero-order valence-corrected chi connectivity index (χ0v) is 5.27. The van der Waals surface area contributed by atoms with Crippen molar-refractivity contribution in [2.24, 2.45) is 5.73 Å². The number of hydrogen-bond donors (Lipinski definition) is 2. The summed E-state index contributed by atoms with van der Waals surface area (Å²) in [5.41, 5.74) is 5.31. The summed E-state index contributed by atoms with van der Waals surface area (Å²) in [6.45, 7) is 1.87. The van der Waals surface area contributed by atoms with Gasteiger partial charge in [0.05, 0.1) is 6.04 Å². The summed E-state index contributed by atoms with van der Waals surface area (Å²) in [5.74, 6) is -0.0903. The highest BCUT2D eigenvalue weighted by Crippen LogP contribution is 1.82. The van der Waals surface area contributed by atoms with Gasteiger partial charge in [-0.2, -0.15) is 0 Å². The molecule has 0 heterocycles. The number of rotatable bonds is 2.